The molecule has 7 heteroatoms. The van der Waals surface area contributed by atoms with Crippen molar-refractivity contribution in [3.05, 3.63) is 39.3 Å². The maximum Gasteiger partial charge on any atom is 0.337 e. The van der Waals surface area contributed by atoms with Gasteiger partial charge >= 0.3 is 5.97 Å². The molecule has 0 saturated carbocycles. The second-order valence-corrected chi connectivity index (χ2v) is 5.35. The summed E-state index contributed by atoms with van der Waals surface area (Å²) in [6.45, 7) is 4.10. The summed E-state index contributed by atoms with van der Waals surface area (Å²) in [7, 11) is 0. The first-order chi connectivity index (χ1) is 8.95. The number of nitrogens with one attached hydrogen (secondary N) is 2. The Labute approximate surface area is 127 Å². The van der Waals surface area contributed by atoms with Crippen LogP contribution in [-0.4, -0.2) is 30.1 Å². The maximum atomic E-state index is 11.7. The Kier molecular flexibility index (Phi) is 6.20. The second kappa shape index (κ2) is 7.42. The number of hydrogen-bond donors (Lipinski definition) is 3. The molecule has 0 radical (unpaired) electrons. The van der Waals surface area contributed by atoms with Gasteiger partial charge in [-0.1, -0.05) is 22.0 Å². The summed E-state index contributed by atoms with van der Waals surface area (Å²) in [4.78, 5) is 22.8. The average molecular weight is 392 g/mol. The van der Waals surface area contributed by atoms with Crippen molar-refractivity contribution in [1.82, 2.24) is 5.32 Å². The fourth-order valence-corrected chi connectivity index (χ4v) is 2.67. The molecule has 0 aliphatic carbocycles. The Morgan fingerprint density at radius 2 is 2.05 bits per heavy atom. The molecule has 102 valence electrons. The number of benzene rings is 1. The molecule has 1 aromatic carbocycles. The smallest absolute Gasteiger partial charge is 0.337 e. The minimum atomic E-state index is -1.11. The highest BCUT2D eigenvalue weighted by molar-refractivity contribution is 9.11. The normalized spacial score (nSPS) is 10.0. The van der Waals surface area contributed by atoms with Gasteiger partial charge < -0.3 is 15.7 Å². The predicted molar refractivity (Wildman–Crippen MR) is 80.5 cm³/mol. The van der Waals surface area contributed by atoms with E-state index in [0.29, 0.717) is 15.5 Å². The number of hydrogen-bond acceptors (Lipinski definition) is 3. The zero-order valence-electron chi connectivity index (χ0n) is 9.87. The zero-order valence-corrected chi connectivity index (χ0v) is 13.0. The van der Waals surface area contributed by atoms with Crippen molar-refractivity contribution in [2.24, 2.45) is 0 Å². The van der Waals surface area contributed by atoms with Crippen LogP contribution in [0.5, 0.6) is 0 Å². The van der Waals surface area contributed by atoms with Crippen LogP contribution in [0.25, 0.3) is 0 Å². The van der Waals surface area contributed by atoms with Crippen LogP contribution in [0, 0.1) is 0 Å². The fraction of sp³-hybridized carbons (Fsp3) is 0.167. The van der Waals surface area contributed by atoms with Crippen LogP contribution in [0.1, 0.15) is 10.4 Å². The highest BCUT2D eigenvalue weighted by Gasteiger charge is 2.16. The number of anilines is 1. The van der Waals surface area contributed by atoms with Crippen molar-refractivity contribution >= 4 is 49.4 Å². The van der Waals surface area contributed by atoms with Gasteiger partial charge in [0.15, 0.2) is 0 Å². The molecular weight excluding hydrogens is 380 g/mol. The van der Waals surface area contributed by atoms with E-state index in [1.807, 2.05) is 0 Å². The van der Waals surface area contributed by atoms with Crippen molar-refractivity contribution in [3.63, 3.8) is 0 Å². The summed E-state index contributed by atoms with van der Waals surface area (Å²) in [5.41, 5.74) is 0.249. The second-order valence-electron chi connectivity index (χ2n) is 3.58. The molecule has 1 rings (SSSR count). The summed E-state index contributed by atoms with van der Waals surface area (Å²) in [6.07, 6.45) is 1.63. The standard InChI is InChI=1S/C12H12Br2N2O3/c1-2-3-15-6-10(17)16-11-8(12(18)19)4-7(13)5-9(11)14/h2,4-5,15H,1,3,6H2,(H,16,17)(H,18,19). The highest BCUT2D eigenvalue weighted by atomic mass is 79.9. The first kappa shape index (κ1) is 15.9. The van der Waals surface area contributed by atoms with Crippen molar-refractivity contribution in [3.8, 4) is 0 Å². The van der Waals surface area contributed by atoms with Crippen molar-refractivity contribution in [2.45, 2.75) is 0 Å². The average Bonchev–Trinajstić information content (AvgIpc) is 2.32. The Morgan fingerprint density at radius 3 is 2.63 bits per heavy atom. The van der Waals surface area contributed by atoms with Gasteiger partial charge in [-0.05, 0) is 28.1 Å². The molecule has 0 aliphatic rings. The topological polar surface area (TPSA) is 78.4 Å². The minimum absolute atomic E-state index is 0.0123. The number of carboxylic acids is 1. The third-order valence-electron chi connectivity index (χ3n) is 2.12. The molecule has 0 heterocycles. The van der Waals surface area contributed by atoms with E-state index in [4.69, 9.17) is 5.11 Å². The SMILES string of the molecule is C=CCNCC(=O)Nc1c(Br)cc(Br)cc1C(=O)O. The molecule has 19 heavy (non-hydrogen) atoms. The Balaban J connectivity index is 2.90. The number of rotatable bonds is 6. The molecule has 1 aromatic rings. The lowest BCUT2D eigenvalue weighted by Gasteiger charge is -2.11. The molecule has 3 N–H and O–H groups in total. The summed E-state index contributed by atoms with van der Waals surface area (Å²) < 4.78 is 1.11. The van der Waals surface area contributed by atoms with Gasteiger partial charge in [-0.2, -0.15) is 0 Å². The van der Waals surface area contributed by atoms with E-state index in [1.165, 1.54) is 6.07 Å². The van der Waals surface area contributed by atoms with Crippen LogP contribution in [-0.2, 0) is 4.79 Å². The van der Waals surface area contributed by atoms with Crippen molar-refractivity contribution in [1.29, 1.82) is 0 Å². The third-order valence-corrected chi connectivity index (χ3v) is 3.21. The Bertz CT molecular complexity index is 518. The molecule has 0 spiro atoms. The number of carbonyl (C=O) groups excluding carboxylic acids is 1. The summed E-state index contributed by atoms with van der Waals surface area (Å²) in [6, 6.07) is 3.10. The predicted octanol–water partition coefficient (Wildman–Crippen LogP) is 2.62. The van der Waals surface area contributed by atoms with Crippen molar-refractivity contribution in [2.75, 3.05) is 18.4 Å². The lowest BCUT2D eigenvalue weighted by Crippen LogP contribution is -2.28. The Hall–Kier alpha value is -1.18. The summed E-state index contributed by atoms with van der Waals surface area (Å²) >= 11 is 6.44. The quantitative estimate of drug-likeness (QED) is 0.514. The lowest BCUT2D eigenvalue weighted by molar-refractivity contribution is -0.115. The first-order valence-electron chi connectivity index (χ1n) is 5.29. The van der Waals surface area contributed by atoms with E-state index in [1.54, 1.807) is 12.1 Å². The maximum absolute atomic E-state index is 11.7. The van der Waals surface area contributed by atoms with Crippen LogP contribution in [0.3, 0.4) is 0 Å². The number of aromatic carboxylic acids is 1. The zero-order chi connectivity index (χ0) is 14.4. The van der Waals surface area contributed by atoms with Crippen LogP contribution in [0.15, 0.2) is 33.7 Å². The van der Waals surface area contributed by atoms with Crippen LogP contribution in [0.4, 0.5) is 5.69 Å². The van der Waals surface area contributed by atoms with Crippen LogP contribution in [0.2, 0.25) is 0 Å². The number of halogens is 2. The largest absolute Gasteiger partial charge is 0.478 e. The van der Waals surface area contributed by atoms with Gasteiger partial charge in [0.1, 0.15) is 0 Å². The molecule has 0 bridgehead atoms. The Morgan fingerprint density at radius 1 is 1.37 bits per heavy atom. The van der Waals surface area contributed by atoms with Gasteiger partial charge in [0.05, 0.1) is 17.8 Å². The molecule has 0 unspecified atom stereocenters. The number of carbonyl (C=O) groups is 2. The van der Waals surface area contributed by atoms with Gasteiger partial charge in [-0.25, -0.2) is 4.79 Å². The summed E-state index contributed by atoms with van der Waals surface area (Å²) in [5, 5.41) is 14.5. The van der Waals surface area contributed by atoms with Gasteiger partial charge in [0.2, 0.25) is 5.91 Å². The van der Waals surface area contributed by atoms with E-state index in [0.717, 1.165) is 0 Å². The number of carboxylic acid groups (broad SMARTS) is 1. The summed E-state index contributed by atoms with van der Waals surface area (Å²) in [5.74, 6) is -1.44. The van der Waals surface area contributed by atoms with E-state index < -0.39 is 5.97 Å². The van der Waals surface area contributed by atoms with Gasteiger partial charge in [0.25, 0.3) is 0 Å². The molecular formula is C12H12Br2N2O3. The van der Waals surface area contributed by atoms with E-state index in [9.17, 15) is 9.59 Å². The van der Waals surface area contributed by atoms with E-state index in [-0.39, 0.29) is 23.7 Å². The lowest BCUT2D eigenvalue weighted by atomic mass is 10.2. The molecule has 0 atom stereocenters. The van der Waals surface area contributed by atoms with E-state index >= 15 is 0 Å². The minimum Gasteiger partial charge on any atom is -0.478 e. The molecule has 0 aromatic heterocycles. The molecule has 1 amide bonds. The van der Waals surface area contributed by atoms with Crippen molar-refractivity contribution < 1.29 is 14.7 Å². The van der Waals surface area contributed by atoms with Gasteiger partial charge in [-0.15, -0.1) is 6.58 Å². The van der Waals surface area contributed by atoms with Crippen LogP contribution >= 0.6 is 31.9 Å². The van der Waals surface area contributed by atoms with E-state index in [2.05, 4.69) is 49.1 Å². The highest BCUT2D eigenvalue weighted by Crippen LogP contribution is 2.30. The molecule has 0 fully saturated rings. The third kappa shape index (κ3) is 4.77. The van der Waals surface area contributed by atoms with Gasteiger partial charge in [-0.3, -0.25) is 4.79 Å². The monoisotopic (exact) mass is 390 g/mol. The van der Waals surface area contributed by atoms with Gasteiger partial charge in [0, 0.05) is 15.5 Å². The molecule has 5 nitrogen and oxygen atoms in total. The molecule has 0 aliphatic heterocycles. The van der Waals surface area contributed by atoms with Crippen LogP contribution < -0.4 is 10.6 Å². The first-order valence-corrected chi connectivity index (χ1v) is 6.88. The number of amides is 1. The molecule has 0 saturated heterocycles. The fourth-order valence-electron chi connectivity index (χ4n) is 1.34.